The van der Waals surface area contributed by atoms with Gasteiger partial charge in [0.05, 0.1) is 0 Å². The second kappa shape index (κ2) is 6.44. The first kappa shape index (κ1) is 12.0. The zero-order chi connectivity index (χ0) is 10.4. The van der Waals surface area contributed by atoms with Crippen molar-refractivity contribution >= 4 is 0 Å². The van der Waals surface area contributed by atoms with Crippen LogP contribution in [0.25, 0.3) is 0 Å². The average Bonchev–Trinajstić information content (AvgIpc) is 2.18. The van der Waals surface area contributed by atoms with Crippen molar-refractivity contribution < 1.29 is 0 Å². The van der Waals surface area contributed by atoms with Gasteiger partial charge < -0.3 is 4.90 Å². The number of likely N-dealkylation sites (tertiary alicyclic amines) is 1. The highest BCUT2D eigenvalue weighted by molar-refractivity contribution is 4.74. The summed E-state index contributed by atoms with van der Waals surface area (Å²) in [5.41, 5.74) is 0. The van der Waals surface area contributed by atoms with Gasteiger partial charge >= 0.3 is 0 Å². The van der Waals surface area contributed by atoms with Gasteiger partial charge in [-0.2, -0.15) is 0 Å². The molecule has 0 aliphatic carbocycles. The van der Waals surface area contributed by atoms with E-state index in [1.807, 2.05) is 0 Å². The molecule has 0 aromatic heterocycles. The second-order valence-corrected chi connectivity index (χ2v) is 5.10. The van der Waals surface area contributed by atoms with Crippen molar-refractivity contribution in [3.8, 4) is 0 Å². The van der Waals surface area contributed by atoms with E-state index in [4.69, 9.17) is 0 Å². The molecule has 0 aromatic rings. The minimum atomic E-state index is 0.912. The smallest absolute Gasteiger partial charge is 0.000957 e. The number of hydrogen-bond donors (Lipinski definition) is 0. The third-order valence-corrected chi connectivity index (χ3v) is 3.75. The molecule has 1 heteroatoms. The van der Waals surface area contributed by atoms with Crippen LogP contribution in [0.1, 0.15) is 52.9 Å². The normalized spacial score (nSPS) is 29.4. The zero-order valence-corrected chi connectivity index (χ0v) is 10.3. The van der Waals surface area contributed by atoms with Gasteiger partial charge in [-0.3, -0.25) is 0 Å². The summed E-state index contributed by atoms with van der Waals surface area (Å²) in [7, 11) is 0. The molecule has 1 saturated heterocycles. The van der Waals surface area contributed by atoms with Gasteiger partial charge in [-0.1, -0.05) is 40.0 Å². The van der Waals surface area contributed by atoms with Crippen molar-refractivity contribution in [1.29, 1.82) is 0 Å². The first-order chi connectivity index (χ1) is 6.74. The Hall–Kier alpha value is -0.0400. The monoisotopic (exact) mass is 197 g/mol. The van der Waals surface area contributed by atoms with Crippen LogP contribution in [0.4, 0.5) is 0 Å². The van der Waals surface area contributed by atoms with Crippen LogP contribution in [0.2, 0.25) is 0 Å². The van der Waals surface area contributed by atoms with E-state index in [-0.39, 0.29) is 0 Å². The summed E-state index contributed by atoms with van der Waals surface area (Å²) < 4.78 is 0. The molecule has 14 heavy (non-hydrogen) atoms. The summed E-state index contributed by atoms with van der Waals surface area (Å²) in [5.74, 6) is 1.86. The molecule has 2 unspecified atom stereocenters. The molecule has 1 nitrogen and oxygen atoms in total. The van der Waals surface area contributed by atoms with Crippen molar-refractivity contribution in [3.63, 3.8) is 0 Å². The van der Waals surface area contributed by atoms with Crippen molar-refractivity contribution in [3.05, 3.63) is 0 Å². The van der Waals surface area contributed by atoms with Crippen LogP contribution in [0, 0.1) is 11.8 Å². The van der Waals surface area contributed by atoms with Gasteiger partial charge in [0.15, 0.2) is 0 Å². The van der Waals surface area contributed by atoms with Crippen LogP contribution in [-0.4, -0.2) is 24.5 Å². The van der Waals surface area contributed by atoms with E-state index in [0.29, 0.717) is 0 Å². The van der Waals surface area contributed by atoms with E-state index < -0.39 is 0 Å². The molecule has 1 aliphatic rings. The predicted octanol–water partition coefficient (Wildman–Crippen LogP) is 3.54. The standard InChI is InChI=1S/C13H27N/c1-4-5-6-7-9-14-10-8-12(2)13(3)11-14/h12-13H,4-11H2,1-3H3. The second-order valence-electron chi connectivity index (χ2n) is 5.10. The maximum absolute atomic E-state index is 2.67. The largest absolute Gasteiger partial charge is 0.303 e. The molecule has 0 amide bonds. The first-order valence-electron chi connectivity index (χ1n) is 6.46. The van der Waals surface area contributed by atoms with Gasteiger partial charge in [-0.05, 0) is 37.8 Å². The number of hydrogen-bond acceptors (Lipinski definition) is 1. The fourth-order valence-corrected chi connectivity index (χ4v) is 2.31. The number of unbranched alkanes of at least 4 members (excludes halogenated alkanes) is 3. The Balaban J connectivity index is 2.07. The fourth-order valence-electron chi connectivity index (χ4n) is 2.31. The molecule has 1 rings (SSSR count). The highest BCUT2D eigenvalue weighted by Gasteiger charge is 2.21. The Kier molecular flexibility index (Phi) is 5.54. The van der Waals surface area contributed by atoms with Crippen molar-refractivity contribution in [2.45, 2.75) is 52.9 Å². The van der Waals surface area contributed by atoms with E-state index in [9.17, 15) is 0 Å². The molecule has 84 valence electrons. The number of rotatable bonds is 5. The van der Waals surface area contributed by atoms with E-state index in [0.717, 1.165) is 11.8 Å². The Morgan fingerprint density at radius 1 is 1.07 bits per heavy atom. The molecular formula is C13H27N. The minimum absolute atomic E-state index is 0.912. The number of piperidine rings is 1. The topological polar surface area (TPSA) is 3.24 Å². The first-order valence-corrected chi connectivity index (χ1v) is 6.46. The third kappa shape index (κ3) is 4.00. The summed E-state index contributed by atoms with van der Waals surface area (Å²) in [5, 5.41) is 0. The lowest BCUT2D eigenvalue weighted by Gasteiger charge is -2.35. The van der Waals surface area contributed by atoms with Crippen molar-refractivity contribution in [2.75, 3.05) is 19.6 Å². The maximum Gasteiger partial charge on any atom is 0.000957 e. The lowest BCUT2D eigenvalue weighted by Crippen LogP contribution is -2.38. The zero-order valence-electron chi connectivity index (χ0n) is 10.3. The quantitative estimate of drug-likeness (QED) is 0.609. The summed E-state index contributed by atoms with van der Waals surface area (Å²) >= 11 is 0. The summed E-state index contributed by atoms with van der Waals surface area (Å²) in [6, 6.07) is 0. The van der Waals surface area contributed by atoms with Gasteiger partial charge in [0.2, 0.25) is 0 Å². The minimum Gasteiger partial charge on any atom is -0.303 e. The van der Waals surface area contributed by atoms with Crippen LogP contribution < -0.4 is 0 Å². The van der Waals surface area contributed by atoms with Crippen LogP contribution in [0.5, 0.6) is 0 Å². The summed E-state index contributed by atoms with van der Waals surface area (Å²) in [6.07, 6.45) is 7.02. The average molecular weight is 197 g/mol. The van der Waals surface area contributed by atoms with E-state index in [1.165, 1.54) is 51.7 Å². The SMILES string of the molecule is CCCCCCN1CCC(C)C(C)C1. The van der Waals surface area contributed by atoms with Crippen molar-refractivity contribution in [2.24, 2.45) is 11.8 Å². The van der Waals surface area contributed by atoms with E-state index in [2.05, 4.69) is 25.7 Å². The Bertz CT molecular complexity index is 144. The van der Waals surface area contributed by atoms with Gasteiger partial charge in [-0.15, -0.1) is 0 Å². The molecule has 0 bridgehead atoms. The van der Waals surface area contributed by atoms with Gasteiger partial charge in [0, 0.05) is 6.54 Å². The van der Waals surface area contributed by atoms with Crippen molar-refractivity contribution in [1.82, 2.24) is 4.90 Å². The lowest BCUT2D eigenvalue weighted by atomic mass is 9.88. The summed E-state index contributed by atoms with van der Waals surface area (Å²) in [4.78, 5) is 2.67. The summed E-state index contributed by atoms with van der Waals surface area (Å²) in [6.45, 7) is 11.1. The molecule has 1 fully saturated rings. The molecule has 1 aliphatic heterocycles. The highest BCUT2D eigenvalue weighted by Crippen LogP contribution is 2.22. The molecule has 0 N–H and O–H groups in total. The van der Waals surface area contributed by atoms with Gasteiger partial charge in [0.1, 0.15) is 0 Å². The lowest BCUT2D eigenvalue weighted by molar-refractivity contribution is 0.136. The fraction of sp³-hybridized carbons (Fsp3) is 1.00. The van der Waals surface area contributed by atoms with Gasteiger partial charge in [-0.25, -0.2) is 0 Å². The molecule has 0 saturated carbocycles. The Morgan fingerprint density at radius 2 is 1.86 bits per heavy atom. The predicted molar refractivity (Wildman–Crippen MR) is 63.5 cm³/mol. The van der Waals surface area contributed by atoms with Crippen LogP contribution in [0.15, 0.2) is 0 Å². The maximum atomic E-state index is 2.67. The van der Waals surface area contributed by atoms with Crippen LogP contribution in [-0.2, 0) is 0 Å². The van der Waals surface area contributed by atoms with Crippen LogP contribution in [0.3, 0.4) is 0 Å². The third-order valence-electron chi connectivity index (χ3n) is 3.75. The van der Waals surface area contributed by atoms with E-state index >= 15 is 0 Å². The molecular weight excluding hydrogens is 170 g/mol. The Labute approximate surface area is 89.9 Å². The van der Waals surface area contributed by atoms with E-state index in [1.54, 1.807) is 0 Å². The highest BCUT2D eigenvalue weighted by atomic mass is 15.1. The molecule has 1 heterocycles. The molecule has 0 radical (unpaired) electrons. The number of nitrogens with zero attached hydrogens (tertiary/aromatic N) is 1. The molecule has 0 spiro atoms. The molecule has 2 atom stereocenters. The molecule has 0 aromatic carbocycles. The van der Waals surface area contributed by atoms with Gasteiger partial charge in [0.25, 0.3) is 0 Å². The Morgan fingerprint density at radius 3 is 2.50 bits per heavy atom. The van der Waals surface area contributed by atoms with Crippen LogP contribution >= 0.6 is 0 Å².